The molecule has 3 aromatic carbocycles. The van der Waals surface area contributed by atoms with E-state index in [1.54, 1.807) is 30.0 Å². The van der Waals surface area contributed by atoms with E-state index in [4.69, 9.17) is 11.6 Å². The summed E-state index contributed by atoms with van der Waals surface area (Å²) < 4.78 is 26.8. The van der Waals surface area contributed by atoms with Crippen molar-refractivity contribution in [3.8, 4) is 0 Å². The predicted octanol–water partition coefficient (Wildman–Crippen LogP) is 6.28. The molecule has 1 fully saturated rings. The van der Waals surface area contributed by atoms with E-state index in [0.717, 1.165) is 43.1 Å². The van der Waals surface area contributed by atoms with Gasteiger partial charge >= 0.3 is 0 Å². The minimum absolute atomic E-state index is 0.0838. The predicted molar refractivity (Wildman–Crippen MR) is 174 cm³/mol. The first-order valence-electron chi connectivity index (χ1n) is 15.0. The third-order valence-electron chi connectivity index (χ3n) is 8.08. The highest BCUT2D eigenvalue weighted by Gasteiger charge is 2.32. The quantitative estimate of drug-likeness (QED) is 0.243. The van der Waals surface area contributed by atoms with Crippen molar-refractivity contribution in [3.63, 3.8) is 0 Å². The number of nitrogens with zero attached hydrogens (tertiary/aromatic N) is 2. The molecule has 2 amide bonds. The Morgan fingerprint density at radius 3 is 2.16 bits per heavy atom. The molecular weight excluding hydrogens is 582 g/mol. The average Bonchev–Trinajstić information content (AvgIpc) is 2.99. The molecular formula is C34H42ClN3O4S. The van der Waals surface area contributed by atoms with Crippen LogP contribution in [0.1, 0.15) is 61.6 Å². The smallest absolute Gasteiger partial charge is 0.243 e. The van der Waals surface area contributed by atoms with Crippen LogP contribution in [0, 0.1) is 6.92 Å². The molecule has 1 atom stereocenters. The van der Waals surface area contributed by atoms with Crippen LogP contribution < -0.4 is 9.62 Å². The van der Waals surface area contributed by atoms with Gasteiger partial charge in [-0.3, -0.25) is 13.9 Å². The Morgan fingerprint density at radius 2 is 1.53 bits per heavy atom. The summed E-state index contributed by atoms with van der Waals surface area (Å²) in [5, 5.41) is 3.73. The molecule has 3 aromatic rings. The molecule has 0 unspecified atom stereocenters. The van der Waals surface area contributed by atoms with Gasteiger partial charge in [0.1, 0.15) is 6.04 Å². The molecule has 0 radical (unpaired) electrons. The molecule has 1 aliphatic rings. The van der Waals surface area contributed by atoms with E-state index in [0.29, 0.717) is 22.7 Å². The van der Waals surface area contributed by atoms with Gasteiger partial charge in [-0.1, -0.05) is 97.6 Å². The third-order valence-corrected chi connectivity index (χ3v) is 9.67. The molecule has 0 saturated heterocycles. The molecule has 0 aliphatic heterocycles. The lowest BCUT2D eigenvalue weighted by Gasteiger charge is -2.34. The second-order valence-corrected chi connectivity index (χ2v) is 13.7. The average molecular weight is 624 g/mol. The van der Waals surface area contributed by atoms with Crippen LogP contribution in [0.4, 0.5) is 5.69 Å². The standard InChI is InChI=1S/C34H42ClN3O4S/c1-26-30(35)20-12-21-31(26)38(43(2,41)42)23-13-22-33(39)37(25-28-16-8-4-9-17-28)32(24-27-14-6-3-7-15-27)34(40)36-29-18-10-5-11-19-29/h3-4,6-9,12,14-17,20-21,29,32H,5,10-11,13,18-19,22-25H2,1-2H3,(H,36,40)/t32-/m1/s1. The van der Waals surface area contributed by atoms with Crippen molar-refractivity contribution in [2.24, 2.45) is 0 Å². The van der Waals surface area contributed by atoms with Crippen molar-refractivity contribution in [1.82, 2.24) is 10.2 Å². The molecule has 4 rings (SSSR count). The number of anilines is 1. The molecule has 7 nitrogen and oxygen atoms in total. The van der Waals surface area contributed by atoms with Gasteiger partial charge in [-0.25, -0.2) is 8.42 Å². The molecule has 0 aromatic heterocycles. The van der Waals surface area contributed by atoms with E-state index in [1.165, 1.54) is 10.7 Å². The third kappa shape index (κ3) is 9.31. The van der Waals surface area contributed by atoms with Crippen LogP contribution in [0.3, 0.4) is 0 Å². The molecule has 9 heteroatoms. The molecule has 1 saturated carbocycles. The van der Waals surface area contributed by atoms with Crippen LogP contribution in [-0.2, 0) is 32.6 Å². The highest BCUT2D eigenvalue weighted by molar-refractivity contribution is 7.92. The van der Waals surface area contributed by atoms with Crippen molar-refractivity contribution >= 4 is 39.1 Å². The van der Waals surface area contributed by atoms with Crippen molar-refractivity contribution in [1.29, 1.82) is 0 Å². The maximum absolute atomic E-state index is 14.0. The number of carbonyl (C=O) groups is 2. The number of carbonyl (C=O) groups excluding carboxylic acids is 2. The van der Waals surface area contributed by atoms with Crippen LogP contribution in [0.5, 0.6) is 0 Å². The Labute approximate surface area is 261 Å². The van der Waals surface area contributed by atoms with Crippen molar-refractivity contribution in [2.45, 2.75) is 76.9 Å². The summed E-state index contributed by atoms with van der Waals surface area (Å²) in [6.45, 7) is 2.17. The second-order valence-electron chi connectivity index (χ2n) is 11.4. The van der Waals surface area contributed by atoms with Crippen molar-refractivity contribution in [3.05, 3.63) is 101 Å². The molecule has 230 valence electrons. The van der Waals surface area contributed by atoms with Gasteiger partial charge < -0.3 is 10.2 Å². The van der Waals surface area contributed by atoms with Gasteiger partial charge in [0, 0.05) is 37.0 Å². The Hall–Kier alpha value is -3.36. The molecule has 0 bridgehead atoms. The summed E-state index contributed by atoms with van der Waals surface area (Å²) in [5.41, 5.74) is 3.05. The van der Waals surface area contributed by atoms with Gasteiger partial charge in [0.05, 0.1) is 11.9 Å². The molecule has 1 aliphatic carbocycles. The van der Waals surface area contributed by atoms with E-state index in [2.05, 4.69) is 5.32 Å². The fourth-order valence-electron chi connectivity index (χ4n) is 5.73. The first-order valence-corrected chi connectivity index (χ1v) is 17.3. The monoisotopic (exact) mass is 623 g/mol. The Morgan fingerprint density at radius 1 is 0.907 bits per heavy atom. The summed E-state index contributed by atoms with van der Waals surface area (Å²) in [4.78, 5) is 29.6. The lowest BCUT2D eigenvalue weighted by molar-refractivity contribution is -0.141. The Balaban J connectivity index is 1.58. The number of amides is 2. The van der Waals surface area contributed by atoms with E-state index < -0.39 is 16.1 Å². The summed E-state index contributed by atoms with van der Waals surface area (Å²) in [6, 6.07) is 24.0. The van der Waals surface area contributed by atoms with E-state index in [9.17, 15) is 18.0 Å². The number of benzene rings is 3. The SMILES string of the molecule is Cc1c(Cl)cccc1N(CCCC(=O)N(Cc1ccccc1)[C@H](Cc1ccccc1)C(=O)NC1CCCCC1)S(C)(=O)=O. The largest absolute Gasteiger partial charge is 0.352 e. The summed E-state index contributed by atoms with van der Waals surface area (Å²) in [7, 11) is -3.63. The molecule has 0 heterocycles. The zero-order valence-electron chi connectivity index (χ0n) is 25.0. The lowest BCUT2D eigenvalue weighted by atomic mass is 9.94. The summed E-state index contributed by atoms with van der Waals surface area (Å²) in [6.07, 6.45) is 7.15. The van der Waals surface area contributed by atoms with Crippen LogP contribution in [0.2, 0.25) is 5.02 Å². The summed E-state index contributed by atoms with van der Waals surface area (Å²) >= 11 is 6.29. The van der Waals surface area contributed by atoms with Gasteiger partial charge in [0.2, 0.25) is 21.8 Å². The topological polar surface area (TPSA) is 86.8 Å². The zero-order valence-corrected chi connectivity index (χ0v) is 26.6. The second kappa shape index (κ2) is 15.4. The van der Waals surface area contributed by atoms with Gasteiger partial charge in [-0.2, -0.15) is 0 Å². The fourth-order valence-corrected chi connectivity index (χ4v) is 6.91. The first kappa shape index (κ1) is 32.6. The van der Waals surface area contributed by atoms with Gasteiger partial charge in [0.25, 0.3) is 0 Å². The van der Waals surface area contributed by atoms with Crippen LogP contribution in [0.15, 0.2) is 78.9 Å². The Bertz CT molecular complexity index is 1460. The maximum Gasteiger partial charge on any atom is 0.243 e. The Kier molecular flexibility index (Phi) is 11.7. The number of halogens is 1. The van der Waals surface area contributed by atoms with E-state index in [1.807, 2.05) is 60.7 Å². The minimum atomic E-state index is -3.63. The van der Waals surface area contributed by atoms with E-state index in [-0.39, 0.29) is 43.8 Å². The summed E-state index contributed by atoms with van der Waals surface area (Å²) in [5.74, 6) is -0.341. The number of hydrogen-bond acceptors (Lipinski definition) is 4. The number of sulfonamides is 1. The van der Waals surface area contributed by atoms with Crippen LogP contribution >= 0.6 is 11.6 Å². The molecule has 43 heavy (non-hydrogen) atoms. The normalized spacial score (nSPS) is 14.6. The van der Waals surface area contributed by atoms with Crippen LogP contribution in [0.25, 0.3) is 0 Å². The first-order chi connectivity index (χ1) is 20.6. The van der Waals surface area contributed by atoms with Crippen LogP contribution in [-0.4, -0.2) is 50.0 Å². The van der Waals surface area contributed by atoms with Gasteiger partial charge in [-0.05, 0) is 55.0 Å². The van der Waals surface area contributed by atoms with Gasteiger partial charge in [-0.15, -0.1) is 0 Å². The maximum atomic E-state index is 14.0. The fraction of sp³-hybridized carbons (Fsp3) is 0.412. The van der Waals surface area contributed by atoms with Crippen molar-refractivity contribution in [2.75, 3.05) is 17.1 Å². The number of hydrogen-bond donors (Lipinski definition) is 1. The number of rotatable bonds is 13. The molecule has 1 N–H and O–H groups in total. The number of nitrogens with one attached hydrogen (secondary N) is 1. The molecule has 0 spiro atoms. The lowest BCUT2D eigenvalue weighted by Crippen LogP contribution is -2.52. The van der Waals surface area contributed by atoms with Crippen molar-refractivity contribution < 1.29 is 18.0 Å². The highest BCUT2D eigenvalue weighted by atomic mass is 35.5. The van der Waals surface area contributed by atoms with Gasteiger partial charge in [0.15, 0.2) is 0 Å². The minimum Gasteiger partial charge on any atom is -0.352 e. The van der Waals surface area contributed by atoms with E-state index >= 15 is 0 Å². The zero-order chi connectivity index (χ0) is 30.8. The highest BCUT2D eigenvalue weighted by Crippen LogP contribution is 2.29.